The first-order valence-corrected chi connectivity index (χ1v) is 7.71. The van der Waals surface area contributed by atoms with Crippen molar-refractivity contribution in [2.24, 2.45) is 0 Å². The molecule has 0 amide bonds. The lowest BCUT2D eigenvalue weighted by Gasteiger charge is -2.17. The summed E-state index contributed by atoms with van der Waals surface area (Å²) in [4.78, 5) is 0. The standard InChI is InChI=1S/C19H25NO/c1-5-20-15(4)16-9-8-10-17(13-16)18-11-6-7-12-19(18)21-14(2)3/h6-15,20H,5H2,1-4H3. The molecule has 112 valence electrons. The van der Waals surface area contributed by atoms with Crippen LogP contribution in [0.25, 0.3) is 11.1 Å². The molecule has 0 fully saturated rings. The third-order valence-electron chi connectivity index (χ3n) is 3.46. The number of benzene rings is 2. The average molecular weight is 283 g/mol. The summed E-state index contributed by atoms with van der Waals surface area (Å²) in [6.07, 6.45) is 0.176. The Morgan fingerprint density at radius 2 is 1.76 bits per heavy atom. The number of rotatable bonds is 6. The molecular weight excluding hydrogens is 258 g/mol. The molecule has 0 radical (unpaired) electrons. The third-order valence-corrected chi connectivity index (χ3v) is 3.46. The number of hydrogen-bond acceptors (Lipinski definition) is 2. The van der Waals surface area contributed by atoms with Crippen molar-refractivity contribution in [3.8, 4) is 16.9 Å². The first-order chi connectivity index (χ1) is 10.1. The highest BCUT2D eigenvalue weighted by Gasteiger charge is 2.10. The molecule has 0 bridgehead atoms. The van der Waals surface area contributed by atoms with Crippen LogP contribution < -0.4 is 10.1 Å². The Labute approximate surface area is 128 Å². The van der Waals surface area contributed by atoms with Crippen LogP contribution in [0, 0.1) is 0 Å². The van der Waals surface area contributed by atoms with Crippen molar-refractivity contribution in [2.45, 2.75) is 39.8 Å². The smallest absolute Gasteiger partial charge is 0.127 e. The fourth-order valence-corrected chi connectivity index (χ4v) is 2.46. The number of nitrogens with one attached hydrogen (secondary N) is 1. The van der Waals surface area contributed by atoms with E-state index in [0.29, 0.717) is 6.04 Å². The van der Waals surface area contributed by atoms with Gasteiger partial charge in [-0.05, 0) is 50.6 Å². The summed E-state index contributed by atoms with van der Waals surface area (Å²) in [6.45, 7) is 9.41. The lowest BCUT2D eigenvalue weighted by molar-refractivity contribution is 0.243. The van der Waals surface area contributed by atoms with E-state index in [4.69, 9.17) is 4.74 Å². The molecule has 21 heavy (non-hydrogen) atoms. The van der Waals surface area contributed by atoms with Crippen LogP contribution in [0.1, 0.15) is 39.3 Å². The molecule has 2 aromatic rings. The molecule has 0 aliphatic rings. The Morgan fingerprint density at radius 3 is 2.48 bits per heavy atom. The van der Waals surface area contributed by atoms with E-state index in [2.05, 4.69) is 69.4 Å². The second-order valence-electron chi connectivity index (χ2n) is 5.57. The van der Waals surface area contributed by atoms with E-state index in [1.54, 1.807) is 0 Å². The van der Waals surface area contributed by atoms with Gasteiger partial charge in [-0.2, -0.15) is 0 Å². The number of para-hydroxylation sites is 1. The maximum atomic E-state index is 5.93. The lowest BCUT2D eigenvalue weighted by atomic mass is 9.99. The summed E-state index contributed by atoms with van der Waals surface area (Å²) in [5.74, 6) is 0.945. The Morgan fingerprint density at radius 1 is 1.00 bits per heavy atom. The van der Waals surface area contributed by atoms with Crippen LogP contribution in [0.5, 0.6) is 5.75 Å². The van der Waals surface area contributed by atoms with Crippen molar-refractivity contribution >= 4 is 0 Å². The van der Waals surface area contributed by atoms with Gasteiger partial charge < -0.3 is 10.1 Å². The van der Waals surface area contributed by atoms with Crippen LogP contribution in [0.15, 0.2) is 48.5 Å². The fourth-order valence-electron chi connectivity index (χ4n) is 2.46. The Kier molecular flexibility index (Phi) is 5.40. The first kappa shape index (κ1) is 15.6. The Hall–Kier alpha value is -1.80. The molecule has 0 saturated carbocycles. The molecule has 0 saturated heterocycles. The number of hydrogen-bond donors (Lipinski definition) is 1. The summed E-state index contributed by atoms with van der Waals surface area (Å²) in [6, 6.07) is 17.3. The van der Waals surface area contributed by atoms with Crippen LogP contribution in [-0.4, -0.2) is 12.6 Å². The Bertz CT molecular complexity index is 577. The van der Waals surface area contributed by atoms with E-state index in [9.17, 15) is 0 Å². The van der Waals surface area contributed by atoms with Gasteiger partial charge >= 0.3 is 0 Å². The van der Waals surface area contributed by atoms with Gasteiger partial charge in [0.2, 0.25) is 0 Å². The third kappa shape index (κ3) is 4.08. The SMILES string of the molecule is CCNC(C)c1cccc(-c2ccccc2OC(C)C)c1. The summed E-state index contributed by atoms with van der Waals surface area (Å²) in [7, 11) is 0. The van der Waals surface area contributed by atoms with Gasteiger partial charge in [-0.1, -0.05) is 43.3 Å². The zero-order valence-corrected chi connectivity index (χ0v) is 13.4. The van der Waals surface area contributed by atoms with Crippen LogP contribution in [0.4, 0.5) is 0 Å². The van der Waals surface area contributed by atoms with Gasteiger partial charge in [0.25, 0.3) is 0 Å². The van der Waals surface area contributed by atoms with Crippen LogP contribution in [0.3, 0.4) is 0 Å². The molecule has 2 nitrogen and oxygen atoms in total. The quantitative estimate of drug-likeness (QED) is 0.821. The van der Waals surface area contributed by atoms with Crippen LogP contribution >= 0.6 is 0 Å². The lowest BCUT2D eigenvalue weighted by Crippen LogP contribution is -2.17. The highest BCUT2D eigenvalue weighted by molar-refractivity contribution is 5.71. The summed E-state index contributed by atoms with van der Waals surface area (Å²) >= 11 is 0. The van der Waals surface area contributed by atoms with E-state index in [1.807, 2.05) is 12.1 Å². The average Bonchev–Trinajstić information content (AvgIpc) is 2.47. The molecule has 1 N–H and O–H groups in total. The molecule has 2 aromatic carbocycles. The van der Waals surface area contributed by atoms with E-state index in [0.717, 1.165) is 17.9 Å². The van der Waals surface area contributed by atoms with Gasteiger partial charge in [-0.25, -0.2) is 0 Å². The van der Waals surface area contributed by atoms with Crippen LogP contribution in [0.2, 0.25) is 0 Å². The number of ether oxygens (including phenoxy) is 1. The molecule has 2 rings (SSSR count). The van der Waals surface area contributed by atoms with Gasteiger partial charge in [0, 0.05) is 11.6 Å². The van der Waals surface area contributed by atoms with Crippen molar-refractivity contribution in [3.63, 3.8) is 0 Å². The largest absolute Gasteiger partial charge is 0.490 e. The maximum Gasteiger partial charge on any atom is 0.127 e. The van der Waals surface area contributed by atoms with Gasteiger partial charge in [-0.15, -0.1) is 0 Å². The maximum absolute atomic E-state index is 5.93. The van der Waals surface area contributed by atoms with Crippen molar-refractivity contribution in [3.05, 3.63) is 54.1 Å². The molecular formula is C19H25NO. The van der Waals surface area contributed by atoms with Gasteiger partial charge in [-0.3, -0.25) is 0 Å². The molecule has 0 heterocycles. The highest BCUT2D eigenvalue weighted by atomic mass is 16.5. The van der Waals surface area contributed by atoms with E-state index in [1.165, 1.54) is 11.1 Å². The summed E-state index contributed by atoms with van der Waals surface area (Å²) in [5, 5.41) is 3.46. The molecule has 1 unspecified atom stereocenters. The fraction of sp³-hybridized carbons (Fsp3) is 0.368. The van der Waals surface area contributed by atoms with Crippen molar-refractivity contribution in [1.29, 1.82) is 0 Å². The summed E-state index contributed by atoms with van der Waals surface area (Å²) < 4.78 is 5.93. The Balaban J connectivity index is 2.36. The molecule has 0 aliphatic carbocycles. The molecule has 2 heteroatoms. The normalized spacial score (nSPS) is 12.4. The monoisotopic (exact) mass is 283 g/mol. The van der Waals surface area contributed by atoms with E-state index >= 15 is 0 Å². The topological polar surface area (TPSA) is 21.3 Å². The molecule has 0 spiro atoms. The van der Waals surface area contributed by atoms with Crippen molar-refractivity contribution in [1.82, 2.24) is 5.32 Å². The van der Waals surface area contributed by atoms with E-state index < -0.39 is 0 Å². The van der Waals surface area contributed by atoms with Gasteiger partial charge in [0.15, 0.2) is 0 Å². The second-order valence-corrected chi connectivity index (χ2v) is 5.57. The molecule has 0 aromatic heterocycles. The van der Waals surface area contributed by atoms with Gasteiger partial charge in [0.05, 0.1) is 6.10 Å². The minimum atomic E-state index is 0.176. The van der Waals surface area contributed by atoms with Crippen molar-refractivity contribution in [2.75, 3.05) is 6.54 Å². The van der Waals surface area contributed by atoms with Gasteiger partial charge in [0.1, 0.15) is 5.75 Å². The zero-order chi connectivity index (χ0) is 15.2. The van der Waals surface area contributed by atoms with Crippen LogP contribution in [-0.2, 0) is 0 Å². The van der Waals surface area contributed by atoms with Crippen molar-refractivity contribution < 1.29 is 4.74 Å². The highest BCUT2D eigenvalue weighted by Crippen LogP contribution is 2.31. The first-order valence-electron chi connectivity index (χ1n) is 7.71. The zero-order valence-electron chi connectivity index (χ0n) is 13.4. The second kappa shape index (κ2) is 7.28. The summed E-state index contributed by atoms with van der Waals surface area (Å²) in [5.41, 5.74) is 3.65. The predicted octanol–water partition coefficient (Wildman–Crippen LogP) is 4.81. The molecule has 1 atom stereocenters. The minimum Gasteiger partial charge on any atom is -0.490 e. The predicted molar refractivity (Wildman–Crippen MR) is 89.7 cm³/mol. The van der Waals surface area contributed by atoms with E-state index in [-0.39, 0.29) is 6.10 Å². The minimum absolute atomic E-state index is 0.176. The molecule has 0 aliphatic heterocycles.